The van der Waals surface area contributed by atoms with Crippen LogP contribution in [-0.2, 0) is 9.53 Å². The fraction of sp³-hybridized carbons (Fsp3) is 0.923. The van der Waals surface area contributed by atoms with Gasteiger partial charge in [-0.3, -0.25) is 4.79 Å². The van der Waals surface area contributed by atoms with E-state index in [4.69, 9.17) is 4.74 Å². The molecule has 2 saturated heterocycles. The second-order valence-electron chi connectivity index (χ2n) is 5.15. The molecule has 17 heavy (non-hydrogen) atoms. The Balaban J connectivity index is 1.89. The first-order chi connectivity index (χ1) is 8.26. The number of ether oxygens (including phenoxy) is 1. The Morgan fingerprint density at radius 3 is 2.94 bits per heavy atom. The SMILES string of the molecule is CNCCC(=O)C1CCOC2(CCSCC2)C1. The average Bonchev–Trinajstić information content (AvgIpc) is 2.37. The van der Waals surface area contributed by atoms with Gasteiger partial charge in [-0.2, -0.15) is 11.8 Å². The van der Waals surface area contributed by atoms with Crippen molar-refractivity contribution in [3.8, 4) is 0 Å². The lowest BCUT2D eigenvalue weighted by atomic mass is 9.79. The Labute approximate surface area is 108 Å². The minimum absolute atomic E-state index is 0.0451. The van der Waals surface area contributed by atoms with Gasteiger partial charge in [0.1, 0.15) is 5.78 Å². The van der Waals surface area contributed by atoms with Crippen molar-refractivity contribution in [3.63, 3.8) is 0 Å². The Hall–Kier alpha value is -0.0600. The van der Waals surface area contributed by atoms with Gasteiger partial charge in [0.2, 0.25) is 0 Å². The van der Waals surface area contributed by atoms with Crippen molar-refractivity contribution in [2.75, 3.05) is 31.7 Å². The van der Waals surface area contributed by atoms with Crippen LogP contribution in [0, 0.1) is 5.92 Å². The van der Waals surface area contributed by atoms with E-state index in [-0.39, 0.29) is 11.5 Å². The quantitative estimate of drug-likeness (QED) is 0.834. The van der Waals surface area contributed by atoms with E-state index in [1.165, 1.54) is 11.5 Å². The maximum Gasteiger partial charge on any atom is 0.137 e. The third-order valence-corrected chi connectivity index (χ3v) is 4.96. The van der Waals surface area contributed by atoms with E-state index >= 15 is 0 Å². The predicted octanol–water partition coefficient (Wildman–Crippen LogP) is 1.86. The van der Waals surface area contributed by atoms with Gasteiger partial charge in [0.05, 0.1) is 5.60 Å². The van der Waals surface area contributed by atoms with Gasteiger partial charge < -0.3 is 10.1 Å². The van der Waals surface area contributed by atoms with Crippen LogP contribution in [0.1, 0.15) is 32.1 Å². The summed E-state index contributed by atoms with van der Waals surface area (Å²) in [5.41, 5.74) is 0.0451. The molecule has 2 heterocycles. The van der Waals surface area contributed by atoms with E-state index in [0.29, 0.717) is 12.2 Å². The summed E-state index contributed by atoms with van der Waals surface area (Å²) in [4.78, 5) is 12.1. The minimum atomic E-state index is 0.0451. The summed E-state index contributed by atoms with van der Waals surface area (Å²) in [6, 6.07) is 0. The Kier molecular flexibility index (Phi) is 4.88. The first-order valence-corrected chi connectivity index (χ1v) is 7.80. The number of Topliss-reactive ketones (excluding diaryl/α,β-unsaturated/α-hetero) is 1. The van der Waals surface area contributed by atoms with Crippen LogP contribution in [0.4, 0.5) is 0 Å². The molecule has 0 radical (unpaired) electrons. The molecule has 0 aromatic rings. The summed E-state index contributed by atoms with van der Waals surface area (Å²) in [7, 11) is 1.90. The predicted molar refractivity (Wildman–Crippen MR) is 71.5 cm³/mol. The number of ketones is 1. The van der Waals surface area contributed by atoms with E-state index < -0.39 is 0 Å². The fourth-order valence-electron chi connectivity index (χ4n) is 2.85. The lowest BCUT2D eigenvalue weighted by Gasteiger charge is -2.43. The minimum Gasteiger partial charge on any atom is -0.375 e. The summed E-state index contributed by atoms with van der Waals surface area (Å²) < 4.78 is 6.01. The number of carbonyl (C=O) groups excluding carboxylic acids is 1. The van der Waals surface area contributed by atoms with E-state index in [2.05, 4.69) is 5.32 Å². The highest BCUT2D eigenvalue weighted by Crippen LogP contribution is 2.40. The first-order valence-electron chi connectivity index (χ1n) is 6.65. The number of nitrogens with one attached hydrogen (secondary N) is 1. The maximum atomic E-state index is 12.1. The highest BCUT2D eigenvalue weighted by Gasteiger charge is 2.40. The van der Waals surface area contributed by atoms with Crippen LogP contribution in [0.25, 0.3) is 0 Å². The van der Waals surface area contributed by atoms with Crippen molar-refractivity contribution in [1.82, 2.24) is 5.32 Å². The number of thioether (sulfide) groups is 1. The third-order valence-electron chi connectivity index (χ3n) is 3.97. The summed E-state index contributed by atoms with van der Waals surface area (Å²) in [6.45, 7) is 1.58. The van der Waals surface area contributed by atoms with Crippen LogP contribution in [0.15, 0.2) is 0 Å². The van der Waals surface area contributed by atoms with Crippen molar-refractivity contribution in [3.05, 3.63) is 0 Å². The topological polar surface area (TPSA) is 38.3 Å². The van der Waals surface area contributed by atoms with Crippen LogP contribution in [0.5, 0.6) is 0 Å². The van der Waals surface area contributed by atoms with Crippen molar-refractivity contribution < 1.29 is 9.53 Å². The molecule has 0 saturated carbocycles. The molecule has 0 amide bonds. The summed E-state index contributed by atoms with van der Waals surface area (Å²) >= 11 is 2.01. The van der Waals surface area contributed by atoms with Gasteiger partial charge in [0.25, 0.3) is 0 Å². The Morgan fingerprint density at radius 2 is 2.24 bits per heavy atom. The Morgan fingerprint density at radius 1 is 1.47 bits per heavy atom. The summed E-state index contributed by atoms with van der Waals surface area (Å²) in [6.07, 6.45) is 4.83. The lowest BCUT2D eigenvalue weighted by molar-refractivity contribution is -0.138. The molecule has 1 atom stereocenters. The zero-order valence-corrected chi connectivity index (χ0v) is 11.5. The summed E-state index contributed by atoms with van der Waals surface area (Å²) in [5, 5.41) is 3.05. The second-order valence-corrected chi connectivity index (χ2v) is 6.38. The van der Waals surface area contributed by atoms with Gasteiger partial charge in [-0.05, 0) is 44.2 Å². The van der Waals surface area contributed by atoms with Gasteiger partial charge >= 0.3 is 0 Å². The number of rotatable bonds is 4. The van der Waals surface area contributed by atoms with Gasteiger partial charge in [-0.25, -0.2) is 0 Å². The molecule has 0 aromatic carbocycles. The smallest absolute Gasteiger partial charge is 0.137 e. The monoisotopic (exact) mass is 257 g/mol. The van der Waals surface area contributed by atoms with E-state index in [0.717, 1.165) is 38.8 Å². The van der Waals surface area contributed by atoms with Crippen LogP contribution >= 0.6 is 11.8 Å². The van der Waals surface area contributed by atoms with Gasteiger partial charge in [0, 0.05) is 25.5 Å². The second kappa shape index (κ2) is 6.21. The van der Waals surface area contributed by atoms with Crippen molar-refractivity contribution in [1.29, 1.82) is 0 Å². The zero-order chi connectivity index (χ0) is 12.1. The molecule has 2 fully saturated rings. The Bertz CT molecular complexity index is 259. The molecule has 0 aromatic heterocycles. The third kappa shape index (κ3) is 3.46. The largest absolute Gasteiger partial charge is 0.375 e. The fourth-order valence-corrected chi connectivity index (χ4v) is 4.08. The van der Waals surface area contributed by atoms with E-state index in [1.807, 2.05) is 18.8 Å². The molecule has 0 bridgehead atoms. The van der Waals surface area contributed by atoms with Crippen LogP contribution < -0.4 is 5.32 Å². The molecular formula is C13H23NO2S. The van der Waals surface area contributed by atoms with Crippen LogP contribution in [-0.4, -0.2) is 43.1 Å². The van der Waals surface area contributed by atoms with Crippen LogP contribution in [0.2, 0.25) is 0 Å². The molecule has 2 aliphatic rings. The number of hydrogen-bond donors (Lipinski definition) is 1. The molecule has 0 aliphatic carbocycles. The molecule has 3 nitrogen and oxygen atoms in total. The first kappa shape index (κ1) is 13.4. The average molecular weight is 257 g/mol. The summed E-state index contributed by atoms with van der Waals surface area (Å²) in [5.74, 6) is 3.06. The standard InChI is InChI=1S/C13H23NO2S/c1-14-6-2-12(15)11-3-7-16-13(10-11)4-8-17-9-5-13/h11,14H,2-10H2,1H3. The van der Waals surface area contributed by atoms with Gasteiger partial charge in [-0.1, -0.05) is 0 Å². The van der Waals surface area contributed by atoms with Crippen molar-refractivity contribution in [2.24, 2.45) is 5.92 Å². The molecule has 98 valence electrons. The van der Waals surface area contributed by atoms with Gasteiger partial charge in [-0.15, -0.1) is 0 Å². The van der Waals surface area contributed by atoms with Crippen LogP contribution in [0.3, 0.4) is 0 Å². The van der Waals surface area contributed by atoms with Gasteiger partial charge in [0.15, 0.2) is 0 Å². The molecule has 2 rings (SSSR count). The highest BCUT2D eigenvalue weighted by atomic mass is 32.2. The molecule has 1 unspecified atom stereocenters. The maximum absolute atomic E-state index is 12.1. The molecule has 1 spiro atoms. The molecular weight excluding hydrogens is 234 g/mol. The molecule has 2 aliphatic heterocycles. The normalized spacial score (nSPS) is 28.2. The number of carbonyl (C=O) groups is 1. The number of hydrogen-bond acceptors (Lipinski definition) is 4. The van der Waals surface area contributed by atoms with Crippen molar-refractivity contribution in [2.45, 2.75) is 37.7 Å². The van der Waals surface area contributed by atoms with E-state index in [1.54, 1.807) is 0 Å². The highest BCUT2D eigenvalue weighted by molar-refractivity contribution is 7.99. The lowest BCUT2D eigenvalue weighted by Crippen LogP contribution is -2.44. The zero-order valence-electron chi connectivity index (χ0n) is 10.7. The molecule has 4 heteroatoms. The van der Waals surface area contributed by atoms with Crippen molar-refractivity contribution >= 4 is 17.5 Å². The molecule has 1 N–H and O–H groups in total. The van der Waals surface area contributed by atoms with E-state index in [9.17, 15) is 4.79 Å².